The highest BCUT2D eigenvalue weighted by Gasteiger charge is 2.31. The van der Waals surface area contributed by atoms with E-state index in [0.29, 0.717) is 0 Å². The highest BCUT2D eigenvalue weighted by atomic mass is 19.3. The summed E-state index contributed by atoms with van der Waals surface area (Å²) in [5.41, 5.74) is 0.703. The fraction of sp³-hybridized carbons (Fsp3) is 0.364. The fourth-order valence-electron chi connectivity index (χ4n) is 1.15. The van der Waals surface area contributed by atoms with Gasteiger partial charge in [0.2, 0.25) is 0 Å². The zero-order chi connectivity index (χ0) is 12.2. The molecular formula is C11H12F2O3. The fourth-order valence-corrected chi connectivity index (χ4v) is 1.15. The third-order valence-electron chi connectivity index (χ3n) is 1.98. The molecule has 0 atom stereocenters. The Kier molecular flexibility index (Phi) is 3.95. The van der Waals surface area contributed by atoms with Crippen molar-refractivity contribution in [3.63, 3.8) is 0 Å². The Labute approximate surface area is 91.7 Å². The van der Waals surface area contributed by atoms with Crippen LogP contribution in [0.15, 0.2) is 24.3 Å². The number of rotatable bonds is 5. The Bertz CT molecular complexity index is 360. The normalized spacial score (nSPS) is 11.4. The van der Waals surface area contributed by atoms with Crippen molar-refractivity contribution in [1.82, 2.24) is 0 Å². The molecule has 16 heavy (non-hydrogen) atoms. The molecule has 0 aliphatic rings. The molecule has 5 heteroatoms. The lowest BCUT2D eigenvalue weighted by Gasteiger charge is -2.16. The second-order valence-corrected chi connectivity index (χ2v) is 3.46. The first-order valence-corrected chi connectivity index (χ1v) is 4.66. The molecule has 0 heterocycles. The summed E-state index contributed by atoms with van der Waals surface area (Å²) in [4.78, 5) is 10.1. The Morgan fingerprint density at radius 2 is 1.94 bits per heavy atom. The van der Waals surface area contributed by atoms with Crippen LogP contribution in [-0.2, 0) is 15.5 Å². The van der Waals surface area contributed by atoms with Gasteiger partial charge in [-0.05, 0) is 6.92 Å². The van der Waals surface area contributed by atoms with Crippen molar-refractivity contribution in [2.75, 3.05) is 13.2 Å². The van der Waals surface area contributed by atoms with Crippen molar-refractivity contribution >= 4 is 5.97 Å². The van der Waals surface area contributed by atoms with Crippen molar-refractivity contribution in [1.29, 1.82) is 0 Å². The number of aryl methyl sites for hydroxylation is 1. The predicted molar refractivity (Wildman–Crippen MR) is 53.5 cm³/mol. The number of halogens is 2. The number of alkyl halides is 2. The number of carboxylic acid groups (broad SMARTS) is 1. The summed E-state index contributed by atoms with van der Waals surface area (Å²) in [6, 6.07) is 5.75. The number of carboxylic acids is 1. The predicted octanol–water partition coefficient (Wildman–Crippen LogP) is 2.19. The second-order valence-electron chi connectivity index (χ2n) is 3.46. The van der Waals surface area contributed by atoms with Crippen molar-refractivity contribution < 1.29 is 23.4 Å². The number of hydrogen-bond donors (Lipinski definition) is 1. The molecule has 0 unspecified atom stereocenters. The van der Waals surface area contributed by atoms with E-state index in [-0.39, 0.29) is 5.56 Å². The van der Waals surface area contributed by atoms with Crippen LogP contribution in [0.2, 0.25) is 0 Å². The number of hydrogen-bond acceptors (Lipinski definition) is 2. The topological polar surface area (TPSA) is 46.5 Å². The molecule has 0 saturated heterocycles. The Hall–Kier alpha value is -1.49. The number of aliphatic carboxylic acids is 1. The molecule has 0 fully saturated rings. The summed E-state index contributed by atoms with van der Waals surface area (Å²) in [6.45, 7) is 0.145. The van der Waals surface area contributed by atoms with Gasteiger partial charge in [0.1, 0.15) is 13.2 Å². The van der Waals surface area contributed by atoms with E-state index in [1.807, 2.05) is 0 Å². The van der Waals surface area contributed by atoms with Gasteiger partial charge in [0.15, 0.2) is 0 Å². The quantitative estimate of drug-likeness (QED) is 0.843. The van der Waals surface area contributed by atoms with Gasteiger partial charge in [0.05, 0.1) is 0 Å². The monoisotopic (exact) mass is 230 g/mol. The van der Waals surface area contributed by atoms with E-state index in [1.54, 1.807) is 19.1 Å². The molecule has 0 spiro atoms. The highest BCUT2D eigenvalue weighted by Crippen LogP contribution is 2.28. The summed E-state index contributed by atoms with van der Waals surface area (Å²) in [7, 11) is 0. The van der Waals surface area contributed by atoms with Crippen LogP contribution in [0.3, 0.4) is 0 Å². The van der Waals surface area contributed by atoms with Crippen molar-refractivity contribution in [3.8, 4) is 0 Å². The van der Waals surface area contributed by atoms with Gasteiger partial charge in [-0.1, -0.05) is 29.8 Å². The minimum absolute atomic E-state index is 0.177. The van der Waals surface area contributed by atoms with E-state index in [4.69, 9.17) is 5.11 Å². The zero-order valence-corrected chi connectivity index (χ0v) is 8.74. The van der Waals surface area contributed by atoms with Gasteiger partial charge in [-0.3, -0.25) is 0 Å². The first-order valence-electron chi connectivity index (χ1n) is 4.66. The van der Waals surface area contributed by atoms with Gasteiger partial charge in [0, 0.05) is 5.56 Å². The van der Waals surface area contributed by atoms with Crippen LogP contribution < -0.4 is 0 Å². The SMILES string of the molecule is Cc1ccc(C(F)(F)COCC(=O)O)cc1. The van der Waals surface area contributed by atoms with Crippen LogP contribution in [-0.4, -0.2) is 24.3 Å². The van der Waals surface area contributed by atoms with Crippen LogP contribution in [0.1, 0.15) is 11.1 Å². The molecule has 1 N–H and O–H groups in total. The zero-order valence-electron chi connectivity index (χ0n) is 8.74. The van der Waals surface area contributed by atoms with E-state index in [2.05, 4.69) is 4.74 Å². The maximum atomic E-state index is 13.4. The summed E-state index contributed by atoms with van der Waals surface area (Å²) in [5.74, 6) is -4.43. The molecule has 0 aromatic heterocycles. The molecule has 0 bridgehead atoms. The van der Waals surface area contributed by atoms with Crippen molar-refractivity contribution in [2.45, 2.75) is 12.8 Å². The molecular weight excluding hydrogens is 218 g/mol. The van der Waals surface area contributed by atoms with Gasteiger partial charge < -0.3 is 9.84 Å². The molecule has 0 radical (unpaired) electrons. The minimum atomic E-state index is -3.16. The third-order valence-corrected chi connectivity index (χ3v) is 1.98. The van der Waals surface area contributed by atoms with E-state index >= 15 is 0 Å². The molecule has 3 nitrogen and oxygen atoms in total. The molecule has 0 amide bonds. The van der Waals surface area contributed by atoms with Gasteiger partial charge in [-0.25, -0.2) is 4.79 Å². The third kappa shape index (κ3) is 3.58. The van der Waals surface area contributed by atoms with Crippen molar-refractivity contribution in [3.05, 3.63) is 35.4 Å². The van der Waals surface area contributed by atoms with Gasteiger partial charge in [-0.15, -0.1) is 0 Å². The number of carbonyl (C=O) groups is 1. The highest BCUT2D eigenvalue weighted by molar-refractivity contribution is 5.67. The first-order chi connectivity index (χ1) is 7.42. The van der Waals surface area contributed by atoms with Crippen LogP contribution in [0, 0.1) is 6.92 Å². The lowest BCUT2D eigenvalue weighted by atomic mass is 10.1. The molecule has 0 aliphatic heterocycles. The summed E-state index contributed by atoms with van der Waals surface area (Å²) in [5, 5.41) is 8.25. The largest absolute Gasteiger partial charge is 0.480 e. The molecule has 0 aliphatic carbocycles. The second kappa shape index (κ2) is 5.03. The van der Waals surface area contributed by atoms with Crippen molar-refractivity contribution in [2.24, 2.45) is 0 Å². The van der Waals surface area contributed by atoms with Gasteiger partial charge in [0.25, 0.3) is 5.92 Å². The van der Waals surface area contributed by atoms with Crippen LogP contribution in [0.5, 0.6) is 0 Å². The van der Waals surface area contributed by atoms with E-state index in [9.17, 15) is 13.6 Å². The summed E-state index contributed by atoms with van der Waals surface area (Å²) < 4.78 is 31.2. The molecule has 1 aromatic carbocycles. The van der Waals surface area contributed by atoms with Crippen LogP contribution in [0.25, 0.3) is 0 Å². The number of benzene rings is 1. The Balaban J connectivity index is 2.62. The average Bonchev–Trinajstić information content (AvgIpc) is 2.17. The molecule has 1 rings (SSSR count). The van der Waals surface area contributed by atoms with Crippen LogP contribution in [0.4, 0.5) is 8.78 Å². The molecule has 88 valence electrons. The lowest BCUT2D eigenvalue weighted by Crippen LogP contribution is -2.23. The average molecular weight is 230 g/mol. The maximum Gasteiger partial charge on any atom is 0.329 e. The maximum absolute atomic E-state index is 13.4. The van der Waals surface area contributed by atoms with E-state index in [1.165, 1.54) is 12.1 Å². The first kappa shape index (κ1) is 12.6. The molecule has 1 aromatic rings. The summed E-state index contributed by atoms with van der Waals surface area (Å²) >= 11 is 0. The van der Waals surface area contributed by atoms with Gasteiger partial charge in [-0.2, -0.15) is 8.78 Å². The van der Waals surface area contributed by atoms with E-state index in [0.717, 1.165) is 5.56 Å². The standard InChI is InChI=1S/C11H12F2O3/c1-8-2-4-9(5-3-8)11(12,13)7-16-6-10(14)15/h2-5H,6-7H2,1H3,(H,14,15). The molecule has 0 saturated carbocycles. The lowest BCUT2D eigenvalue weighted by molar-refractivity contribution is -0.147. The Morgan fingerprint density at radius 3 is 2.44 bits per heavy atom. The van der Waals surface area contributed by atoms with E-state index < -0.39 is 25.1 Å². The Morgan fingerprint density at radius 1 is 1.38 bits per heavy atom. The number of ether oxygens (including phenoxy) is 1. The van der Waals surface area contributed by atoms with Crippen LogP contribution >= 0.6 is 0 Å². The summed E-state index contributed by atoms with van der Waals surface area (Å²) in [6.07, 6.45) is 0. The smallest absolute Gasteiger partial charge is 0.329 e. The van der Waals surface area contributed by atoms with Gasteiger partial charge >= 0.3 is 5.97 Å². The minimum Gasteiger partial charge on any atom is -0.480 e.